The summed E-state index contributed by atoms with van der Waals surface area (Å²) in [6.07, 6.45) is 5.45. The van der Waals surface area contributed by atoms with Crippen molar-refractivity contribution in [2.24, 2.45) is 11.3 Å². The van der Waals surface area contributed by atoms with Crippen LogP contribution >= 0.6 is 0 Å². The van der Waals surface area contributed by atoms with Crippen LogP contribution in [0.4, 0.5) is 0 Å². The van der Waals surface area contributed by atoms with Gasteiger partial charge in [-0.2, -0.15) is 0 Å². The minimum atomic E-state index is -0.708. The van der Waals surface area contributed by atoms with E-state index in [1.165, 1.54) is 0 Å². The Morgan fingerprint density at radius 2 is 2.00 bits per heavy atom. The molecule has 1 atom stereocenters. The second-order valence-electron chi connectivity index (χ2n) is 7.02. The minimum absolute atomic E-state index is 0.0302. The monoisotopic (exact) mass is 269 g/mol. The molecule has 0 radical (unpaired) electrons. The van der Waals surface area contributed by atoms with E-state index in [-0.39, 0.29) is 11.8 Å². The van der Waals surface area contributed by atoms with Gasteiger partial charge in [-0.15, -0.1) is 0 Å². The number of carbonyl (C=O) groups excluding carboxylic acids is 1. The van der Waals surface area contributed by atoms with Gasteiger partial charge in [-0.3, -0.25) is 4.79 Å². The van der Waals surface area contributed by atoms with Crippen molar-refractivity contribution < 1.29 is 14.6 Å². The third kappa shape index (κ3) is 4.18. The summed E-state index contributed by atoms with van der Waals surface area (Å²) < 4.78 is 5.32. The van der Waals surface area contributed by atoms with E-state index in [0.29, 0.717) is 18.6 Å². The molecule has 1 aliphatic heterocycles. The highest BCUT2D eigenvalue weighted by atomic mass is 16.5. The van der Waals surface area contributed by atoms with Crippen molar-refractivity contribution in [3.63, 3.8) is 0 Å². The molecule has 1 amide bonds. The Bertz CT molecular complexity index is 311. The molecule has 0 aromatic heterocycles. The van der Waals surface area contributed by atoms with Crippen LogP contribution in [0.2, 0.25) is 0 Å². The normalized spacial score (nSPS) is 29.7. The number of hydrogen-bond donors (Lipinski definition) is 2. The highest BCUT2D eigenvalue weighted by Crippen LogP contribution is 2.39. The smallest absolute Gasteiger partial charge is 0.225 e. The molecule has 4 nitrogen and oxygen atoms in total. The molecular weight excluding hydrogens is 242 g/mol. The van der Waals surface area contributed by atoms with Crippen molar-refractivity contribution in [2.45, 2.75) is 58.0 Å². The topological polar surface area (TPSA) is 58.6 Å². The van der Waals surface area contributed by atoms with Crippen LogP contribution in [0.5, 0.6) is 0 Å². The van der Waals surface area contributed by atoms with Crippen molar-refractivity contribution in [3.05, 3.63) is 0 Å². The molecule has 110 valence electrons. The molecule has 1 heterocycles. The molecule has 2 rings (SSSR count). The zero-order chi connectivity index (χ0) is 13.9. The van der Waals surface area contributed by atoms with Gasteiger partial charge in [0.05, 0.1) is 18.1 Å². The molecule has 4 heteroatoms. The van der Waals surface area contributed by atoms with E-state index in [2.05, 4.69) is 19.2 Å². The number of amides is 1. The van der Waals surface area contributed by atoms with Gasteiger partial charge >= 0.3 is 0 Å². The second kappa shape index (κ2) is 5.80. The van der Waals surface area contributed by atoms with Gasteiger partial charge in [0.1, 0.15) is 0 Å². The number of aliphatic hydroxyl groups is 1. The first-order valence-electron chi connectivity index (χ1n) is 7.48. The first-order chi connectivity index (χ1) is 8.90. The number of carbonyl (C=O) groups is 1. The lowest BCUT2D eigenvalue weighted by molar-refractivity contribution is -0.130. The van der Waals surface area contributed by atoms with Crippen LogP contribution < -0.4 is 5.32 Å². The Balaban J connectivity index is 1.76. The largest absolute Gasteiger partial charge is 0.388 e. The molecule has 1 saturated heterocycles. The number of hydrogen-bond acceptors (Lipinski definition) is 3. The van der Waals surface area contributed by atoms with Gasteiger partial charge in [-0.05, 0) is 43.9 Å². The van der Waals surface area contributed by atoms with Gasteiger partial charge in [0, 0.05) is 13.2 Å². The molecule has 19 heavy (non-hydrogen) atoms. The highest BCUT2D eigenvalue weighted by Gasteiger charge is 2.37. The average molecular weight is 269 g/mol. The van der Waals surface area contributed by atoms with Gasteiger partial charge < -0.3 is 15.2 Å². The van der Waals surface area contributed by atoms with Gasteiger partial charge in [-0.25, -0.2) is 0 Å². The molecule has 0 bridgehead atoms. The lowest BCUT2D eigenvalue weighted by atomic mass is 9.71. The molecule has 2 N–H and O–H groups in total. The molecule has 1 unspecified atom stereocenters. The molecular formula is C15H27NO3. The predicted molar refractivity (Wildman–Crippen MR) is 73.8 cm³/mol. The van der Waals surface area contributed by atoms with Crippen molar-refractivity contribution in [2.75, 3.05) is 19.8 Å². The average Bonchev–Trinajstić information content (AvgIpc) is 2.41. The van der Waals surface area contributed by atoms with Gasteiger partial charge in [0.15, 0.2) is 0 Å². The standard InChI is InChI=1S/C15H27NO3/c1-14(2)5-7-15(18,8-6-14)11-16-13(17)12-4-3-9-19-10-12/h12,18H,3-11H2,1-2H3,(H,16,17). The maximum Gasteiger partial charge on any atom is 0.225 e. The van der Waals surface area contributed by atoms with Gasteiger partial charge in [-0.1, -0.05) is 13.8 Å². The summed E-state index contributed by atoms with van der Waals surface area (Å²) >= 11 is 0. The maximum atomic E-state index is 12.0. The van der Waals surface area contributed by atoms with Crippen LogP contribution in [0.25, 0.3) is 0 Å². The van der Waals surface area contributed by atoms with Crippen LogP contribution in [-0.4, -0.2) is 36.4 Å². The molecule has 1 saturated carbocycles. The lowest BCUT2D eigenvalue weighted by Gasteiger charge is -2.40. The Morgan fingerprint density at radius 1 is 1.32 bits per heavy atom. The first kappa shape index (κ1) is 14.8. The summed E-state index contributed by atoms with van der Waals surface area (Å²) in [5.41, 5.74) is -0.381. The molecule has 2 aliphatic rings. The summed E-state index contributed by atoms with van der Waals surface area (Å²) in [5, 5.41) is 13.4. The lowest BCUT2D eigenvalue weighted by Crippen LogP contribution is -2.48. The third-order valence-corrected chi connectivity index (χ3v) is 4.66. The van der Waals surface area contributed by atoms with Crippen molar-refractivity contribution in [1.29, 1.82) is 0 Å². The fourth-order valence-electron chi connectivity index (χ4n) is 2.91. The summed E-state index contributed by atoms with van der Waals surface area (Å²) in [4.78, 5) is 12.0. The Hall–Kier alpha value is -0.610. The van der Waals surface area contributed by atoms with E-state index in [4.69, 9.17) is 4.74 Å². The molecule has 0 spiro atoms. The zero-order valence-electron chi connectivity index (χ0n) is 12.2. The SMILES string of the molecule is CC1(C)CCC(O)(CNC(=O)C2CCCOC2)CC1. The van der Waals surface area contributed by atoms with E-state index in [9.17, 15) is 9.90 Å². The fraction of sp³-hybridized carbons (Fsp3) is 0.933. The van der Waals surface area contributed by atoms with Crippen LogP contribution in [0.3, 0.4) is 0 Å². The van der Waals surface area contributed by atoms with Crippen molar-refractivity contribution in [1.82, 2.24) is 5.32 Å². The van der Waals surface area contributed by atoms with Gasteiger partial charge in [0.2, 0.25) is 5.91 Å². The van der Waals surface area contributed by atoms with Crippen LogP contribution in [-0.2, 0) is 9.53 Å². The molecule has 1 aliphatic carbocycles. The molecule has 0 aromatic carbocycles. The third-order valence-electron chi connectivity index (χ3n) is 4.66. The van der Waals surface area contributed by atoms with Crippen molar-refractivity contribution >= 4 is 5.91 Å². The van der Waals surface area contributed by atoms with E-state index < -0.39 is 5.60 Å². The quantitative estimate of drug-likeness (QED) is 0.822. The Labute approximate surface area is 115 Å². The van der Waals surface area contributed by atoms with E-state index in [0.717, 1.165) is 45.1 Å². The highest BCUT2D eigenvalue weighted by molar-refractivity contribution is 5.78. The van der Waals surface area contributed by atoms with E-state index in [1.807, 2.05) is 0 Å². The molecule has 2 fully saturated rings. The maximum absolute atomic E-state index is 12.0. The van der Waals surface area contributed by atoms with Gasteiger partial charge in [0.25, 0.3) is 0 Å². The predicted octanol–water partition coefficient (Wildman–Crippen LogP) is 1.86. The molecule has 0 aromatic rings. The second-order valence-corrected chi connectivity index (χ2v) is 7.02. The summed E-state index contributed by atoms with van der Waals surface area (Å²) in [7, 11) is 0. The Kier molecular flexibility index (Phi) is 4.51. The van der Waals surface area contributed by atoms with E-state index in [1.54, 1.807) is 0 Å². The number of nitrogens with one attached hydrogen (secondary N) is 1. The summed E-state index contributed by atoms with van der Waals surface area (Å²) in [6, 6.07) is 0. The fourth-order valence-corrected chi connectivity index (χ4v) is 2.91. The summed E-state index contributed by atoms with van der Waals surface area (Å²) in [5.74, 6) is 0.00957. The van der Waals surface area contributed by atoms with Crippen LogP contribution in [0.15, 0.2) is 0 Å². The van der Waals surface area contributed by atoms with Crippen LogP contribution in [0, 0.1) is 11.3 Å². The Morgan fingerprint density at radius 3 is 2.58 bits per heavy atom. The number of ether oxygens (including phenoxy) is 1. The first-order valence-corrected chi connectivity index (χ1v) is 7.48. The zero-order valence-corrected chi connectivity index (χ0v) is 12.2. The number of rotatable bonds is 3. The summed E-state index contributed by atoms with van der Waals surface area (Å²) in [6.45, 7) is 6.16. The van der Waals surface area contributed by atoms with Crippen LogP contribution in [0.1, 0.15) is 52.4 Å². The van der Waals surface area contributed by atoms with E-state index >= 15 is 0 Å². The van der Waals surface area contributed by atoms with Crippen molar-refractivity contribution in [3.8, 4) is 0 Å². The minimum Gasteiger partial charge on any atom is -0.388 e.